The van der Waals surface area contributed by atoms with Crippen molar-refractivity contribution in [1.29, 1.82) is 0 Å². The van der Waals surface area contributed by atoms with E-state index >= 15 is 0 Å². The first-order chi connectivity index (χ1) is 13.1. The highest BCUT2D eigenvalue weighted by Crippen LogP contribution is 2.47. The minimum absolute atomic E-state index is 0.0704. The summed E-state index contributed by atoms with van der Waals surface area (Å²) in [4.78, 5) is 20.6. The zero-order valence-electron chi connectivity index (χ0n) is 16.0. The molecular formula is C21H27N5O. The quantitative estimate of drug-likeness (QED) is 0.521. The largest absolute Gasteiger partial charge is 0.356 e. The molecule has 1 amide bonds. The van der Waals surface area contributed by atoms with Crippen molar-refractivity contribution in [2.24, 2.45) is 4.99 Å². The summed E-state index contributed by atoms with van der Waals surface area (Å²) in [6, 6.07) is 16.2. The molecule has 1 aliphatic carbocycles. The van der Waals surface area contributed by atoms with Crippen LogP contribution in [0.1, 0.15) is 30.5 Å². The average molecular weight is 365 g/mol. The lowest BCUT2D eigenvalue weighted by atomic mass is 9.96. The fraction of sp³-hybridized carbons (Fsp3) is 0.381. The third-order valence-corrected chi connectivity index (χ3v) is 4.86. The van der Waals surface area contributed by atoms with E-state index in [1.165, 1.54) is 18.4 Å². The van der Waals surface area contributed by atoms with Crippen LogP contribution in [0, 0.1) is 6.92 Å². The second-order valence-corrected chi connectivity index (χ2v) is 6.96. The maximum Gasteiger partial charge on any atom is 0.227 e. The molecule has 0 unspecified atom stereocenters. The van der Waals surface area contributed by atoms with Crippen LogP contribution < -0.4 is 16.0 Å². The first kappa shape index (κ1) is 18.9. The van der Waals surface area contributed by atoms with Crippen LogP contribution in [-0.4, -0.2) is 37.0 Å². The van der Waals surface area contributed by atoms with E-state index in [0.29, 0.717) is 18.8 Å². The fourth-order valence-electron chi connectivity index (χ4n) is 3.10. The second kappa shape index (κ2) is 8.66. The standard InChI is InChI=1S/C21H27N5O/c1-16-7-6-10-18(25-16)26-19(27)11-14-23-20(22-2)24-15-21(12-13-21)17-8-4-3-5-9-17/h3-10H,11-15H2,1-2H3,(H2,22,23,24)(H,25,26,27). The molecule has 27 heavy (non-hydrogen) atoms. The molecule has 0 radical (unpaired) electrons. The molecule has 1 aliphatic rings. The molecule has 3 N–H and O–H groups in total. The van der Waals surface area contributed by atoms with Crippen LogP contribution in [-0.2, 0) is 10.2 Å². The number of rotatable bonds is 7. The van der Waals surface area contributed by atoms with Gasteiger partial charge in [0.15, 0.2) is 5.96 Å². The molecule has 0 bridgehead atoms. The topological polar surface area (TPSA) is 78.4 Å². The van der Waals surface area contributed by atoms with Gasteiger partial charge in [0.05, 0.1) is 0 Å². The fourth-order valence-corrected chi connectivity index (χ4v) is 3.10. The molecule has 6 nitrogen and oxygen atoms in total. The Labute approximate surface area is 160 Å². The molecule has 1 fully saturated rings. The molecule has 6 heteroatoms. The van der Waals surface area contributed by atoms with Crippen molar-refractivity contribution in [2.75, 3.05) is 25.5 Å². The molecule has 0 aliphatic heterocycles. The Morgan fingerprint density at radius 1 is 1.11 bits per heavy atom. The summed E-state index contributed by atoms with van der Waals surface area (Å²) >= 11 is 0. The van der Waals surface area contributed by atoms with E-state index in [2.05, 4.69) is 50.2 Å². The molecule has 1 heterocycles. The Morgan fingerprint density at radius 2 is 1.89 bits per heavy atom. The summed E-state index contributed by atoms with van der Waals surface area (Å²) in [6.07, 6.45) is 2.72. The predicted molar refractivity (Wildman–Crippen MR) is 109 cm³/mol. The van der Waals surface area contributed by atoms with E-state index in [4.69, 9.17) is 0 Å². The molecule has 1 saturated carbocycles. The minimum Gasteiger partial charge on any atom is -0.356 e. The van der Waals surface area contributed by atoms with Crippen LogP contribution in [0.3, 0.4) is 0 Å². The Balaban J connectivity index is 1.41. The molecule has 0 saturated heterocycles. The van der Waals surface area contributed by atoms with E-state index in [1.54, 1.807) is 13.1 Å². The number of carbonyl (C=O) groups is 1. The zero-order valence-corrected chi connectivity index (χ0v) is 16.0. The maximum atomic E-state index is 12.1. The summed E-state index contributed by atoms with van der Waals surface area (Å²) < 4.78 is 0. The van der Waals surface area contributed by atoms with Crippen molar-refractivity contribution < 1.29 is 4.79 Å². The molecule has 0 atom stereocenters. The highest BCUT2D eigenvalue weighted by molar-refractivity contribution is 5.90. The van der Waals surface area contributed by atoms with Crippen LogP contribution in [0.25, 0.3) is 0 Å². The molecule has 1 aromatic carbocycles. The Bertz CT molecular complexity index is 799. The summed E-state index contributed by atoms with van der Waals surface area (Å²) in [6.45, 7) is 3.25. The number of pyridine rings is 1. The first-order valence-corrected chi connectivity index (χ1v) is 9.35. The third kappa shape index (κ3) is 5.29. The number of hydrogen-bond acceptors (Lipinski definition) is 3. The average Bonchev–Trinajstić information content (AvgIpc) is 3.46. The highest BCUT2D eigenvalue weighted by Gasteiger charge is 2.43. The SMILES string of the molecule is CN=C(NCCC(=O)Nc1cccc(C)n1)NCC1(c2ccccc2)CC1. The van der Waals surface area contributed by atoms with Gasteiger partial charge >= 0.3 is 0 Å². The Kier molecular flexibility index (Phi) is 6.06. The van der Waals surface area contributed by atoms with Crippen LogP contribution >= 0.6 is 0 Å². The highest BCUT2D eigenvalue weighted by atomic mass is 16.1. The monoisotopic (exact) mass is 365 g/mol. The van der Waals surface area contributed by atoms with Crippen LogP contribution in [0.5, 0.6) is 0 Å². The lowest BCUT2D eigenvalue weighted by Crippen LogP contribution is -2.42. The van der Waals surface area contributed by atoms with Crippen molar-refractivity contribution in [2.45, 2.75) is 31.6 Å². The Hall–Kier alpha value is -2.89. The molecule has 142 valence electrons. The Morgan fingerprint density at radius 3 is 2.56 bits per heavy atom. The number of aromatic nitrogens is 1. The van der Waals surface area contributed by atoms with Crippen molar-refractivity contribution in [1.82, 2.24) is 15.6 Å². The molecule has 2 aromatic rings. The predicted octanol–water partition coefficient (Wildman–Crippen LogP) is 2.62. The number of carbonyl (C=O) groups excluding carboxylic acids is 1. The smallest absolute Gasteiger partial charge is 0.227 e. The molecule has 3 rings (SSSR count). The van der Waals surface area contributed by atoms with Crippen LogP contribution in [0.4, 0.5) is 5.82 Å². The van der Waals surface area contributed by atoms with Crippen molar-refractivity contribution in [3.8, 4) is 0 Å². The lowest BCUT2D eigenvalue weighted by molar-refractivity contribution is -0.116. The molecule has 1 aromatic heterocycles. The normalized spacial score (nSPS) is 15.1. The van der Waals surface area contributed by atoms with Gasteiger partial charge in [-0.3, -0.25) is 9.79 Å². The first-order valence-electron chi connectivity index (χ1n) is 9.35. The molecular weight excluding hydrogens is 338 g/mol. The zero-order chi connectivity index (χ0) is 19.1. The summed E-state index contributed by atoms with van der Waals surface area (Å²) in [5.74, 6) is 1.23. The molecule has 0 spiro atoms. The summed E-state index contributed by atoms with van der Waals surface area (Å²) in [5.41, 5.74) is 2.47. The van der Waals surface area contributed by atoms with Crippen LogP contribution in [0.2, 0.25) is 0 Å². The van der Waals surface area contributed by atoms with Crippen molar-refractivity contribution in [3.05, 3.63) is 59.8 Å². The van der Waals surface area contributed by atoms with Gasteiger partial charge in [0.1, 0.15) is 5.82 Å². The number of aliphatic imine (C=N–C) groups is 1. The number of aryl methyl sites for hydroxylation is 1. The summed E-state index contributed by atoms with van der Waals surface area (Å²) in [7, 11) is 1.74. The van der Waals surface area contributed by atoms with Gasteiger partial charge in [-0.05, 0) is 37.5 Å². The number of nitrogens with one attached hydrogen (secondary N) is 3. The van der Waals surface area contributed by atoms with E-state index in [9.17, 15) is 4.79 Å². The van der Waals surface area contributed by atoms with Gasteiger partial charge in [0.25, 0.3) is 0 Å². The van der Waals surface area contributed by atoms with Gasteiger partial charge in [0.2, 0.25) is 5.91 Å². The van der Waals surface area contributed by atoms with Crippen molar-refractivity contribution >= 4 is 17.7 Å². The van der Waals surface area contributed by atoms with Gasteiger partial charge < -0.3 is 16.0 Å². The number of benzene rings is 1. The number of nitrogens with zero attached hydrogens (tertiary/aromatic N) is 2. The number of anilines is 1. The number of guanidine groups is 1. The van der Waals surface area contributed by atoms with E-state index in [0.717, 1.165) is 18.2 Å². The number of hydrogen-bond donors (Lipinski definition) is 3. The second-order valence-electron chi connectivity index (χ2n) is 6.96. The minimum atomic E-state index is -0.0704. The van der Waals surface area contributed by atoms with Gasteiger partial charge in [-0.15, -0.1) is 0 Å². The number of amides is 1. The van der Waals surface area contributed by atoms with E-state index in [-0.39, 0.29) is 11.3 Å². The van der Waals surface area contributed by atoms with E-state index in [1.807, 2.05) is 25.1 Å². The lowest BCUT2D eigenvalue weighted by Gasteiger charge is -2.19. The van der Waals surface area contributed by atoms with Crippen LogP contribution in [0.15, 0.2) is 53.5 Å². The van der Waals surface area contributed by atoms with Gasteiger partial charge in [-0.1, -0.05) is 36.4 Å². The maximum absolute atomic E-state index is 12.1. The van der Waals surface area contributed by atoms with Crippen molar-refractivity contribution in [3.63, 3.8) is 0 Å². The van der Waals surface area contributed by atoms with Gasteiger partial charge in [-0.25, -0.2) is 4.98 Å². The third-order valence-electron chi connectivity index (χ3n) is 4.86. The van der Waals surface area contributed by atoms with E-state index < -0.39 is 0 Å². The summed E-state index contributed by atoms with van der Waals surface area (Å²) in [5, 5.41) is 9.42. The van der Waals surface area contributed by atoms with Gasteiger partial charge in [-0.2, -0.15) is 0 Å². The van der Waals surface area contributed by atoms with Gasteiger partial charge in [0, 0.05) is 37.7 Å².